The third-order valence-electron chi connectivity index (χ3n) is 2.01. The molecule has 1 aromatic heterocycles. The molecule has 1 heterocycles. The summed E-state index contributed by atoms with van der Waals surface area (Å²) in [6, 6.07) is 3.82. The Morgan fingerprint density at radius 3 is 3.00 bits per heavy atom. The van der Waals surface area contributed by atoms with E-state index >= 15 is 0 Å². The summed E-state index contributed by atoms with van der Waals surface area (Å²) in [6.07, 6.45) is 0.799. The van der Waals surface area contributed by atoms with Crippen LogP contribution in [0.25, 0.3) is 0 Å². The van der Waals surface area contributed by atoms with Crippen molar-refractivity contribution in [1.29, 1.82) is 0 Å². The first-order chi connectivity index (χ1) is 7.27. The quantitative estimate of drug-likeness (QED) is 0.796. The molecule has 0 spiro atoms. The molecule has 0 aromatic carbocycles. The minimum absolute atomic E-state index is 0.0407. The van der Waals surface area contributed by atoms with E-state index in [0.29, 0.717) is 18.9 Å². The van der Waals surface area contributed by atoms with Crippen LogP contribution in [0.1, 0.15) is 13.3 Å². The van der Waals surface area contributed by atoms with Crippen molar-refractivity contribution in [3.8, 4) is 0 Å². The van der Waals surface area contributed by atoms with Gasteiger partial charge in [-0.1, -0.05) is 6.07 Å². The Morgan fingerprint density at radius 2 is 2.47 bits per heavy atom. The van der Waals surface area contributed by atoms with Gasteiger partial charge in [-0.2, -0.15) is 0 Å². The van der Waals surface area contributed by atoms with Crippen LogP contribution in [-0.2, 0) is 15.5 Å². The van der Waals surface area contributed by atoms with Gasteiger partial charge in [-0.15, -0.1) is 11.3 Å². The second-order valence-electron chi connectivity index (χ2n) is 3.08. The van der Waals surface area contributed by atoms with Crippen molar-refractivity contribution in [2.45, 2.75) is 23.7 Å². The highest BCUT2D eigenvalue weighted by molar-refractivity contribution is 7.87. The van der Waals surface area contributed by atoms with E-state index in [0.717, 1.165) is 10.6 Å². The van der Waals surface area contributed by atoms with Crippen molar-refractivity contribution < 1.29 is 8.95 Å². The molecular formula is C10H17NO2S2. The van der Waals surface area contributed by atoms with Crippen LogP contribution in [0.15, 0.2) is 21.7 Å². The number of ether oxygens (including phenoxy) is 1. The third-order valence-corrected chi connectivity index (χ3v) is 4.71. The number of hydrogen-bond donors (Lipinski definition) is 1. The molecule has 0 saturated carbocycles. The maximum Gasteiger partial charge on any atom is 0.0910 e. The Balaban J connectivity index is 2.33. The standard InChI is InChI=1S/C10H17NO2S2/c1-2-13-9(8-11)5-7-15(12)10-4-3-6-14-10/h3-4,6,9H,2,5,7-8,11H2,1H3. The van der Waals surface area contributed by atoms with Gasteiger partial charge in [0.15, 0.2) is 0 Å². The van der Waals surface area contributed by atoms with E-state index in [-0.39, 0.29) is 6.10 Å². The lowest BCUT2D eigenvalue weighted by molar-refractivity contribution is 0.0672. The van der Waals surface area contributed by atoms with Crippen LogP contribution < -0.4 is 5.73 Å². The van der Waals surface area contributed by atoms with E-state index in [2.05, 4.69) is 0 Å². The molecule has 1 rings (SSSR count). The van der Waals surface area contributed by atoms with E-state index in [4.69, 9.17) is 10.5 Å². The van der Waals surface area contributed by atoms with Gasteiger partial charge in [0.1, 0.15) is 0 Å². The Kier molecular flexibility index (Phi) is 6.09. The Labute approximate surface area is 97.1 Å². The molecule has 0 aliphatic carbocycles. The Hall–Kier alpha value is -0.230. The van der Waals surface area contributed by atoms with Gasteiger partial charge in [0.25, 0.3) is 0 Å². The van der Waals surface area contributed by atoms with E-state index in [9.17, 15) is 4.21 Å². The number of nitrogens with two attached hydrogens (primary N) is 1. The topological polar surface area (TPSA) is 52.3 Å². The average molecular weight is 247 g/mol. The summed E-state index contributed by atoms with van der Waals surface area (Å²) in [6.45, 7) is 3.10. The number of thiophene rings is 1. The van der Waals surface area contributed by atoms with Crippen LogP contribution in [0.2, 0.25) is 0 Å². The SMILES string of the molecule is CCOC(CN)CCS(=O)c1cccs1. The highest BCUT2D eigenvalue weighted by Gasteiger charge is 2.10. The van der Waals surface area contributed by atoms with Gasteiger partial charge >= 0.3 is 0 Å². The fourth-order valence-electron chi connectivity index (χ4n) is 1.24. The fourth-order valence-corrected chi connectivity index (χ4v) is 3.44. The summed E-state index contributed by atoms with van der Waals surface area (Å²) in [4.78, 5) is 0. The number of rotatable bonds is 7. The lowest BCUT2D eigenvalue weighted by atomic mass is 10.3. The minimum atomic E-state index is -0.895. The number of hydrogen-bond acceptors (Lipinski definition) is 4. The summed E-state index contributed by atoms with van der Waals surface area (Å²) >= 11 is 1.53. The smallest absolute Gasteiger partial charge is 0.0910 e. The molecule has 0 aliphatic heterocycles. The maximum atomic E-state index is 11.8. The van der Waals surface area contributed by atoms with E-state index < -0.39 is 10.8 Å². The van der Waals surface area contributed by atoms with Gasteiger partial charge in [-0.25, -0.2) is 0 Å². The summed E-state index contributed by atoms with van der Waals surface area (Å²) < 4.78 is 18.1. The summed E-state index contributed by atoms with van der Waals surface area (Å²) in [5, 5.41) is 1.94. The summed E-state index contributed by atoms with van der Waals surface area (Å²) in [5.41, 5.74) is 5.54. The van der Waals surface area contributed by atoms with Gasteiger partial charge in [0.2, 0.25) is 0 Å². The van der Waals surface area contributed by atoms with Crippen LogP contribution in [0.4, 0.5) is 0 Å². The molecule has 2 atom stereocenters. The maximum absolute atomic E-state index is 11.8. The fraction of sp³-hybridized carbons (Fsp3) is 0.600. The summed E-state index contributed by atoms with van der Waals surface area (Å²) in [5.74, 6) is 0.627. The van der Waals surface area contributed by atoms with E-state index in [1.54, 1.807) is 0 Å². The molecule has 2 N–H and O–H groups in total. The second kappa shape index (κ2) is 7.11. The first-order valence-electron chi connectivity index (χ1n) is 5.01. The van der Waals surface area contributed by atoms with Crippen molar-refractivity contribution >= 4 is 22.1 Å². The van der Waals surface area contributed by atoms with Crippen LogP contribution >= 0.6 is 11.3 Å². The molecule has 0 aliphatic rings. The van der Waals surface area contributed by atoms with E-state index in [1.165, 1.54) is 11.3 Å². The monoisotopic (exact) mass is 247 g/mol. The van der Waals surface area contributed by atoms with E-state index in [1.807, 2.05) is 24.4 Å². The molecule has 3 nitrogen and oxygen atoms in total. The lowest BCUT2D eigenvalue weighted by Crippen LogP contribution is -2.25. The molecule has 15 heavy (non-hydrogen) atoms. The van der Waals surface area contributed by atoms with Crippen LogP contribution in [-0.4, -0.2) is 29.2 Å². The largest absolute Gasteiger partial charge is 0.377 e. The molecule has 86 valence electrons. The zero-order valence-corrected chi connectivity index (χ0v) is 10.5. The van der Waals surface area contributed by atoms with Crippen LogP contribution in [0.3, 0.4) is 0 Å². The average Bonchev–Trinajstić information content (AvgIpc) is 2.77. The zero-order chi connectivity index (χ0) is 11.1. The molecular weight excluding hydrogens is 230 g/mol. The molecule has 5 heteroatoms. The predicted octanol–water partition coefficient (Wildman–Crippen LogP) is 1.61. The van der Waals surface area contributed by atoms with Crippen molar-refractivity contribution in [3.63, 3.8) is 0 Å². The van der Waals surface area contributed by atoms with Gasteiger partial charge in [0, 0.05) is 18.9 Å². The highest BCUT2D eigenvalue weighted by Crippen LogP contribution is 2.15. The predicted molar refractivity (Wildman–Crippen MR) is 64.7 cm³/mol. The lowest BCUT2D eigenvalue weighted by Gasteiger charge is -2.13. The van der Waals surface area contributed by atoms with Crippen LogP contribution in [0.5, 0.6) is 0 Å². The van der Waals surface area contributed by atoms with Crippen molar-refractivity contribution in [1.82, 2.24) is 0 Å². The highest BCUT2D eigenvalue weighted by atomic mass is 32.2. The Morgan fingerprint density at radius 1 is 1.67 bits per heavy atom. The third kappa shape index (κ3) is 4.42. The molecule has 2 unspecified atom stereocenters. The van der Waals surface area contributed by atoms with Gasteiger partial charge < -0.3 is 10.5 Å². The summed E-state index contributed by atoms with van der Waals surface area (Å²) in [7, 11) is -0.895. The van der Waals surface area contributed by atoms with Gasteiger partial charge in [-0.3, -0.25) is 4.21 Å². The minimum Gasteiger partial charge on any atom is -0.377 e. The molecule has 0 amide bonds. The molecule has 0 fully saturated rings. The molecule has 0 saturated heterocycles. The second-order valence-corrected chi connectivity index (χ2v) is 5.83. The van der Waals surface area contributed by atoms with Gasteiger partial charge in [0.05, 0.1) is 21.1 Å². The Bertz CT molecular complexity index is 288. The van der Waals surface area contributed by atoms with Gasteiger partial charge in [-0.05, 0) is 24.8 Å². The molecule has 1 aromatic rings. The van der Waals surface area contributed by atoms with Crippen molar-refractivity contribution in [2.24, 2.45) is 5.73 Å². The zero-order valence-electron chi connectivity index (χ0n) is 8.85. The van der Waals surface area contributed by atoms with Crippen LogP contribution in [0, 0.1) is 0 Å². The first-order valence-corrected chi connectivity index (χ1v) is 7.21. The normalized spacial score (nSPS) is 15.1. The molecule has 0 bridgehead atoms. The van der Waals surface area contributed by atoms with Crippen molar-refractivity contribution in [3.05, 3.63) is 17.5 Å². The molecule has 0 radical (unpaired) electrons. The first kappa shape index (κ1) is 12.8. The van der Waals surface area contributed by atoms with Crippen molar-refractivity contribution in [2.75, 3.05) is 18.9 Å².